The van der Waals surface area contributed by atoms with Gasteiger partial charge >= 0.3 is 0 Å². The van der Waals surface area contributed by atoms with Crippen molar-refractivity contribution in [3.8, 4) is 0 Å². The molecule has 1 heterocycles. The Morgan fingerprint density at radius 3 is 2.50 bits per heavy atom. The highest BCUT2D eigenvalue weighted by molar-refractivity contribution is 4.99. The summed E-state index contributed by atoms with van der Waals surface area (Å²) < 4.78 is 18.2. The molecule has 1 unspecified atom stereocenters. The van der Waals surface area contributed by atoms with Crippen molar-refractivity contribution in [1.82, 2.24) is 0 Å². The Morgan fingerprint density at radius 2 is 1.83 bits per heavy atom. The molecule has 0 aromatic carbocycles. The van der Waals surface area contributed by atoms with Crippen LogP contribution in [0.3, 0.4) is 0 Å². The summed E-state index contributed by atoms with van der Waals surface area (Å²) in [5, 5.41) is 19.7. The molecule has 0 saturated carbocycles. The second-order valence-electron chi connectivity index (χ2n) is 7.49. The van der Waals surface area contributed by atoms with Crippen molar-refractivity contribution in [3.05, 3.63) is 12.2 Å². The number of aliphatic hydroxyl groups is 2. The lowest BCUT2D eigenvalue weighted by Gasteiger charge is -2.32. The van der Waals surface area contributed by atoms with E-state index in [1.165, 1.54) is 0 Å². The number of aliphatic hydroxyl groups excluding tert-OH is 2. The van der Waals surface area contributed by atoms with Crippen molar-refractivity contribution in [2.75, 3.05) is 6.61 Å². The Kier molecular flexibility index (Phi) is 6.82. The van der Waals surface area contributed by atoms with Gasteiger partial charge in [-0.3, -0.25) is 0 Å². The molecule has 1 saturated heterocycles. The third-order valence-electron chi connectivity index (χ3n) is 4.89. The van der Waals surface area contributed by atoms with E-state index in [1.807, 2.05) is 13.8 Å². The number of hydrogen-bond acceptors (Lipinski definition) is 6. The largest absolute Gasteiger partial charge is 0.390 e. The first kappa shape index (κ1) is 19.8. The zero-order valence-corrected chi connectivity index (χ0v) is 15.2. The van der Waals surface area contributed by atoms with E-state index in [2.05, 4.69) is 19.1 Å². The van der Waals surface area contributed by atoms with Crippen LogP contribution >= 0.6 is 0 Å². The number of nitrogens with two attached hydrogens (primary N) is 1. The van der Waals surface area contributed by atoms with Gasteiger partial charge in [0.25, 0.3) is 0 Å². The lowest BCUT2D eigenvalue weighted by atomic mass is 9.90. The molecule has 1 aliphatic heterocycles. The van der Waals surface area contributed by atoms with Crippen molar-refractivity contribution < 1.29 is 24.4 Å². The van der Waals surface area contributed by atoms with Crippen LogP contribution < -0.4 is 5.73 Å². The number of allylic oxidation sites excluding steroid dienone is 1. The first-order valence-corrected chi connectivity index (χ1v) is 8.99. The molecule has 0 amide bonds. The highest BCUT2D eigenvalue weighted by Crippen LogP contribution is 2.37. The maximum Gasteiger partial charge on any atom is 0.163 e. The molecule has 0 bridgehead atoms. The minimum atomic E-state index is -0.994. The van der Waals surface area contributed by atoms with Crippen LogP contribution in [0.15, 0.2) is 12.2 Å². The highest BCUT2D eigenvalue weighted by Gasteiger charge is 2.47. The Morgan fingerprint density at radius 1 is 1.21 bits per heavy atom. The average molecular weight is 343 g/mol. The van der Waals surface area contributed by atoms with Crippen LogP contribution in [-0.4, -0.2) is 59.2 Å². The molecular formula is C18H33NO5. The van der Waals surface area contributed by atoms with Gasteiger partial charge in [0.05, 0.1) is 37.1 Å². The maximum atomic E-state index is 10.0. The molecule has 24 heavy (non-hydrogen) atoms. The summed E-state index contributed by atoms with van der Waals surface area (Å²) in [5.74, 6) is -0.295. The molecule has 2 aliphatic rings. The van der Waals surface area contributed by atoms with E-state index in [4.69, 9.17) is 19.9 Å². The van der Waals surface area contributed by atoms with Crippen molar-refractivity contribution in [2.45, 2.75) is 89.3 Å². The molecule has 1 aliphatic carbocycles. The number of fused-ring (bicyclic) bond motifs is 1. The molecule has 0 radical (unpaired) electrons. The van der Waals surface area contributed by atoms with Crippen molar-refractivity contribution in [1.29, 1.82) is 0 Å². The van der Waals surface area contributed by atoms with Gasteiger partial charge in [0.2, 0.25) is 0 Å². The number of hydrogen-bond donors (Lipinski definition) is 3. The zero-order chi connectivity index (χ0) is 17.9. The van der Waals surface area contributed by atoms with Crippen LogP contribution in [0.1, 0.15) is 47.0 Å². The Hall–Kier alpha value is -0.500. The van der Waals surface area contributed by atoms with Crippen molar-refractivity contribution in [2.24, 2.45) is 11.7 Å². The third-order valence-corrected chi connectivity index (χ3v) is 4.89. The van der Waals surface area contributed by atoms with Gasteiger partial charge in [-0.2, -0.15) is 0 Å². The molecule has 7 atom stereocenters. The lowest BCUT2D eigenvalue weighted by Crippen LogP contribution is -2.48. The molecule has 0 spiro atoms. The molecule has 6 heteroatoms. The van der Waals surface area contributed by atoms with Gasteiger partial charge in [-0.1, -0.05) is 26.0 Å². The molecule has 6 nitrogen and oxygen atoms in total. The van der Waals surface area contributed by atoms with Gasteiger partial charge < -0.3 is 30.2 Å². The Balaban J connectivity index is 2.01. The molecule has 4 N–H and O–H groups in total. The maximum absolute atomic E-state index is 10.0. The summed E-state index contributed by atoms with van der Waals surface area (Å²) in [7, 11) is 0. The minimum absolute atomic E-state index is 0.0302. The third kappa shape index (κ3) is 4.77. The number of ether oxygens (including phenoxy) is 3. The molecule has 1 fully saturated rings. The van der Waals surface area contributed by atoms with E-state index in [0.717, 1.165) is 6.42 Å². The van der Waals surface area contributed by atoms with Gasteiger partial charge in [-0.05, 0) is 39.0 Å². The van der Waals surface area contributed by atoms with E-state index in [1.54, 1.807) is 6.92 Å². The molecular weight excluding hydrogens is 310 g/mol. The van der Waals surface area contributed by atoms with E-state index < -0.39 is 24.0 Å². The van der Waals surface area contributed by atoms with Crippen LogP contribution in [0.2, 0.25) is 0 Å². The fourth-order valence-electron chi connectivity index (χ4n) is 3.38. The molecule has 140 valence electrons. The Labute approximate surface area is 145 Å². The minimum Gasteiger partial charge on any atom is -0.390 e. The van der Waals surface area contributed by atoms with Crippen LogP contribution in [-0.2, 0) is 14.2 Å². The van der Waals surface area contributed by atoms with E-state index in [0.29, 0.717) is 18.8 Å². The first-order valence-electron chi connectivity index (χ1n) is 8.99. The van der Waals surface area contributed by atoms with Gasteiger partial charge in [0, 0.05) is 0 Å². The zero-order valence-electron chi connectivity index (χ0n) is 15.2. The quantitative estimate of drug-likeness (QED) is 0.630. The SMILES string of the molecule is CC[C@@H](O)[C@@H](O)[C@@H](N)COC1C/C=C\C[C@H](C)[C@@H]2OC(C)(C)O[C@@H]12. The van der Waals surface area contributed by atoms with Crippen LogP contribution in [0.5, 0.6) is 0 Å². The summed E-state index contributed by atoms with van der Waals surface area (Å²) in [6, 6.07) is -0.638. The van der Waals surface area contributed by atoms with E-state index in [-0.39, 0.29) is 24.9 Å². The monoisotopic (exact) mass is 343 g/mol. The number of rotatable bonds is 6. The normalized spacial score (nSPS) is 37.8. The fraction of sp³-hybridized carbons (Fsp3) is 0.889. The summed E-state index contributed by atoms with van der Waals surface area (Å²) in [6.07, 6.45) is 4.17. The summed E-state index contributed by atoms with van der Waals surface area (Å²) in [6.45, 7) is 7.96. The molecule has 0 aromatic rings. The van der Waals surface area contributed by atoms with Gasteiger partial charge in [-0.15, -0.1) is 0 Å². The summed E-state index contributed by atoms with van der Waals surface area (Å²) in [5.41, 5.74) is 5.97. The first-order chi connectivity index (χ1) is 11.2. The second-order valence-corrected chi connectivity index (χ2v) is 7.49. The van der Waals surface area contributed by atoms with Crippen molar-refractivity contribution in [3.63, 3.8) is 0 Å². The summed E-state index contributed by atoms with van der Waals surface area (Å²) >= 11 is 0. The highest BCUT2D eigenvalue weighted by atomic mass is 16.8. The van der Waals surface area contributed by atoms with Gasteiger partial charge in [-0.25, -0.2) is 0 Å². The topological polar surface area (TPSA) is 94.2 Å². The summed E-state index contributed by atoms with van der Waals surface area (Å²) in [4.78, 5) is 0. The van der Waals surface area contributed by atoms with Gasteiger partial charge in [0.15, 0.2) is 5.79 Å². The van der Waals surface area contributed by atoms with Gasteiger partial charge in [0.1, 0.15) is 6.10 Å². The predicted octanol–water partition coefficient (Wildman–Crippen LogP) is 1.34. The van der Waals surface area contributed by atoms with E-state index in [9.17, 15) is 10.2 Å². The second kappa shape index (κ2) is 8.25. The molecule has 2 rings (SSSR count). The van der Waals surface area contributed by atoms with Crippen LogP contribution in [0.4, 0.5) is 0 Å². The Bertz CT molecular complexity index is 428. The van der Waals surface area contributed by atoms with Crippen LogP contribution in [0.25, 0.3) is 0 Å². The van der Waals surface area contributed by atoms with Crippen LogP contribution in [0, 0.1) is 5.92 Å². The fourth-order valence-corrected chi connectivity index (χ4v) is 3.38. The standard InChI is InChI=1S/C18H33NO5/c1-5-13(20)15(21)12(19)10-22-14-9-7-6-8-11(2)16-17(14)24-18(3,4)23-16/h6-7,11-17,20-21H,5,8-10,19H2,1-4H3/b7-6-/t11-,12-,13+,14?,15-,16-,17-/m0/s1. The smallest absolute Gasteiger partial charge is 0.163 e. The van der Waals surface area contributed by atoms with E-state index >= 15 is 0 Å². The van der Waals surface area contributed by atoms with Crippen molar-refractivity contribution >= 4 is 0 Å². The lowest BCUT2D eigenvalue weighted by molar-refractivity contribution is -0.161. The molecule has 0 aromatic heterocycles. The predicted molar refractivity (Wildman–Crippen MR) is 91.4 cm³/mol. The average Bonchev–Trinajstić information content (AvgIpc) is 2.86.